The molecule has 1 aromatic rings. The van der Waals surface area contributed by atoms with Crippen LogP contribution in [-0.2, 0) is 0 Å². The van der Waals surface area contributed by atoms with Gasteiger partial charge in [0.1, 0.15) is 5.15 Å². The summed E-state index contributed by atoms with van der Waals surface area (Å²) in [5, 5.41) is 2.61. The molecule has 0 aliphatic heterocycles. The standard InChI is InChI=1S/C13H14ClF3N2O/c14-11-7-8(5-6-18-11)12(20)19-10-4-2-1-3-9(10)13(15,16)17/h5-7,9-10H,1-4H2,(H,19,20). The molecule has 0 bridgehead atoms. The fourth-order valence-corrected chi connectivity index (χ4v) is 2.66. The first-order valence-electron chi connectivity index (χ1n) is 6.37. The first-order valence-corrected chi connectivity index (χ1v) is 6.75. The third kappa shape index (κ3) is 3.62. The van der Waals surface area contributed by atoms with Crippen LogP contribution in [0.5, 0.6) is 0 Å². The second-order valence-electron chi connectivity index (χ2n) is 4.88. The topological polar surface area (TPSA) is 42.0 Å². The monoisotopic (exact) mass is 306 g/mol. The van der Waals surface area contributed by atoms with Crippen molar-refractivity contribution in [1.82, 2.24) is 10.3 Å². The molecule has 7 heteroatoms. The number of carbonyl (C=O) groups is 1. The third-order valence-corrected chi connectivity index (χ3v) is 3.70. The van der Waals surface area contributed by atoms with E-state index in [0.717, 1.165) is 0 Å². The zero-order valence-electron chi connectivity index (χ0n) is 10.6. The highest BCUT2D eigenvalue weighted by Gasteiger charge is 2.45. The van der Waals surface area contributed by atoms with Gasteiger partial charge in [0.2, 0.25) is 0 Å². The smallest absolute Gasteiger partial charge is 0.349 e. The van der Waals surface area contributed by atoms with Gasteiger partial charge in [0.15, 0.2) is 0 Å². The highest BCUT2D eigenvalue weighted by molar-refractivity contribution is 6.29. The van der Waals surface area contributed by atoms with Crippen molar-refractivity contribution in [2.75, 3.05) is 0 Å². The van der Waals surface area contributed by atoms with Gasteiger partial charge in [-0.1, -0.05) is 24.4 Å². The molecule has 1 aliphatic carbocycles. The molecule has 1 amide bonds. The van der Waals surface area contributed by atoms with Gasteiger partial charge < -0.3 is 5.32 Å². The van der Waals surface area contributed by atoms with E-state index in [1.807, 2.05) is 0 Å². The Bertz CT molecular complexity index is 493. The fourth-order valence-electron chi connectivity index (χ4n) is 2.49. The van der Waals surface area contributed by atoms with Gasteiger partial charge in [-0.3, -0.25) is 4.79 Å². The molecule has 3 nitrogen and oxygen atoms in total. The first kappa shape index (κ1) is 15.1. The van der Waals surface area contributed by atoms with Crippen LogP contribution in [0.3, 0.4) is 0 Å². The summed E-state index contributed by atoms with van der Waals surface area (Å²) in [6.07, 6.45) is -1.31. The van der Waals surface area contributed by atoms with E-state index in [2.05, 4.69) is 10.3 Å². The van der Waals surface area contributed by atoms with Crippen LogP contribution in [0.4, 0.5) is 13.2 Å². The van der Waals surface area contributed by atoms with Gasteiger partial charge in [0, 0.05) is 17.8 Å². The van der Waals surface area contributed by atoms with E-state index < -0.39 is 24.0 Å². The number of nitrogens with zero attached hydrogens (tertiary/aromatic N) is 1. The summed E-state index contributed by atoms with van der Waals surface area (Å²) in [6, 6.07) is 1.89. The number of hydrogen-bond donors (Lipinski definition) is 1. The van der Waals surface area contributed by atoms with Gasteiger partial charge in [0.25, 0.3) is 5.91 Å². The fraction of sp³-hybridized carbons (Fsp3) is 0.538. The second-order valence-corrected chi connectivity index (χ2v) is 5.27. The highest BCUT2D eigenvalue weighted by atomic mass is 35.5. The van der Waals surface area contributed by atoms with Gasteiger partial charge in [-0.15, -0.1) is 0 Å². The molecule has 1 aliphatic rings. The van der Waals surface area contributed by atoms with E-state index in [9.17, 15) is 18.0 Å². The number of carbonyl (C=O) groups excluding carboxylic acids is 1. The van der Waals surface area contributed by atoms with Crippen molar-refractivity contribution in [2.24, 2.45) is 5.92 Å². The predicted octanol–water partition coefficient (Wildman–Crippen LogP) is 3.59. The van der Waals surface area contributed by atoms with Crippen molar-refractivity contribution in [3.05, 3.63) is 29.0 Å². The average Bonchev–Trinajstić information content (AvgIpc) is 2.38. The third-order valence-electron chi connectivity index (χ3n) is 3.49. The van der Waals surface area contributed by atoms with Crippen LogP contribution in [0, 0.1) is 5.92 Å². The van der Waals surface area contributed by atoms with E-state index in [4.69, 9.17) is 11.6 Å². The number of hydrogen-bond acceptors (Lipinski definition) is 2. The molecular weight excluding hydrogens is 293 g/mol. The van der Waals surface area contributed by atoms with Gasteiger partial charge in [-0.2, -0.15) is 13.2 Å². The zero-order valence-corrected chi connectivity index (χ0v) is 11.3. The minimum Gasteiger partial charge on any atom is -0.349 e. The lowest BCUT2D eigenvalue weighted by Crippen LogP contribution is -2.47. The molecule has 0 spiro atoms. The van der Waals surface area contributed by atoms with Crippen molar-refractivity contribution in [2.45, 2.75) is 37.9 Å². The number of aromatic nitrogens is 1. The van der Waals surface area contributed by atoms with Crippen LogP contribution in [0.25, 0.3) is 0 Å². The number of nitrogens with one attached hydrogen (secondary N) is 1. The van der Waals surface area contributed by atoms with Crippen molar-refractivity contribution < 1.29 is 18.0 Å². The Morgan fingerprint density at radius 1 is 1.35 bits per heavy atom. The lowest BCUT2D eigenvalue weighted by atomic mass is 9.84. The number of alkyl halides is 3. The molecule has 1 heterocycles. The summed E-state index contributed by atoms with van der Waals surface area (Å²) < 4.78 is 38.8. The minimum atomic E-state index is -4.28. The Labute approximate surface area is 119 Å². The Morgan fingerprint density at radius 3 is 2.70 bits per heavy atom. The summed E-state index contributed by atoms with van der Waals surface area (Å²) in [6.45, 7) is 0. The number of halogens is 4. The number of rotatable bonds is 2. The van der Waals surface area contributed by atoms with Gasteiger partial charge >= 0.3 is 6.18 Å². The molecule has 0 aromatic carbocycles. The van der Waals surface area contributed by atoms with E-state index >= 15 is 0 Å². The van der Waals surface area contributed by atoms with Gasteiger partial charge in [-0.05, 0) is 25.0 Å². The molecule has 0 saturated heterocycles. The highest BCUT2D eigenvalue weighted by Crippen LogP contribution is 2.37. The normalized spacial score (nSPS) is 23.4. The number of pyridine rings is 1. The molecule has 2 rings (SSSR count). The lowest BCUT2D eigenvalue weighted by Gasteiger charge is -2.33. The van der Waals surface area contributed by atoms with E-state index in [0.29, 0.717) is 19.3 Å². The Hall–Kier alpha value is -1.30. The Morgan fingerprint density at radius 2 is 2.05 bits per heavy atom. The van der Waals surface area contributed by atoms with Gasteiger partial charge in [0.05, 0.1) is 5.92 Å². The molecular formula is C13H14ClF3N2O. The summed E-state index contributed by atoms with van der Waals surface area (Å²) in [5.41, 5.74) is 0.219. The molecule has 0 radical (unpaired) electrons. The number of amides is 1. The van der Waals surface area contributed by atoms with Crippen LogP contribution in [0.15, 0.2) is 18.3 Å². The lowest BCUT2D eigenvalue weighted by molar-refractivity contribution is -0.187. The average molecular weight is 307 g/mol. The summed E-state index contributed by atoms with van der Waals surface area (Å²) >= 11 is 5.66. The summed E-state index contributed by atoms with van der Waals surface area (Å²) in [7, 11) is 0. The maximum atomic E-state index is 12.9. The van der Waals surface area contributed by atoms with Crippen molar-refractivity contribution in [1.29, 1.82) is 0 Å². The molecule has 110 valence electrons. The van der Waals surface area contributed by atoms with Crippen molar-refractivity contribution in [3.63, 3.8) is 0 Å². The van der Waals surface area contributed by atoms with E-state index in [-0.39, 0.29) is 17.1 Å². The summed E-state index contributed by atoms with van der Waals surface area (Å²) in [5.74, 6) is -2.02. The maximum absolute atomic E-state index is 12.9. The Balaban J connectivity index is 2.09. The second kappa shape index (κ2) is 5.99. The molecule has 20 heavy (non-hydrogen) atoms. The zero-order chi connectivity index (χ0) is 14.8. The minimum absolute atomic E-state index is 0.0611. The molecule has 1 fully saturated rings. The van der Waals surface area contributed by atoms with Crippen LogP contribution in [0.2, 0.25) is 5.15 Å². The van der Waals surface area contributed by atoms with Crippen molar-refractivity contribution >= 4 is 17.5 Å². The maximum Gasteiger partial charge on any atom is 0.393 e. The van der Waals surface area contributed by atoms with Crippen LogP contribution in [0.1, 0.15) is 36.0 Å². The van der Waals surface area contributed by atoms with Crippen LogP contribution < -0.4 is 5.32 Å². The van der Waals surface area contributed by atoms with E-state index in [1.54, 1.807) is 0 Å². The molecule has 1 aromatic heterocycles. The quantitative estimate of drug-likeness (QED) is 0.849. The van der Waals surface area contributed by atoms with Crippen molar-refractivity contribution in [3.8, 4) is 0 Å². The molecule has 1 saturated carbocycles. The molecule has 2 atom stereocenters. The molecule has 2 unspecified atom stereocenters. The van der Waals surface area contributed by atoms with E-state index in [1.165, 1.54) is 18.3 Å². The van der Waals surface area contributed by atoms with Crippen LogP contribution >= 0.6 is 11.6 Å². The molecule has 1 N–H and O–H groups in total. The summed E-state index contributed by atoms with van der Waals surface area (Å²) in [4.78, 5) is 15.7. The van der Waals surface area contributed by atoms with Gasteiger partial charge in [-0.25, -0.2) is 4.98 Å². The SMILES string of the molecule is O=C(NC1CCCCC1C(F)(F)F)c1ccnc(Cl)c1. The largest absolute Gasteiger partial charge is 0.393 e. The first-order chi connectivity index (χ1) is 9.38. The Kier molecular flexibility index (Phi) is 4.52. The van der Waals surface area contributed by atoms with Crippen LogP contribution in [-0.4, -0.2) is 23.1 Å². The predicted molar refractivity (Wildman–Crippen MR) is 68.5 cm³/mol.